The molecule has 0 unspecified atom stereocenters. The Balaban J connectivity index is 1.88. The summed E-state index contributed by atoms with van der Waals surface area (Å²) in [6.07, 6.45) is 1.43. The van der Waals surface area contributed by atoms with Gasteiger partial charge in [0.25, 0.3) is 5.79 Å². The second-order valence-corrected chi connectivity index (χ2v) is 5.48. The molecule has 1 aromatic rings. The highest BCUT2D eigenvalue weighted by atomic mass is 16.7. The van der Waals surface area contributed by atoms with Gasteiger partial charge in [-0.1, -0.05) is 30.3 Å². The number of carbonyl (C=O) groups excluding carboxylic acids is 3. The molecular weight excluding hydrogens is 272 g/mol. The molecule has 0 saturated carbocycles. The van der Waals surface area contributed by atoms with Gasteiger partial charge in [0.15, 0.2) is 5.78 Å². The van der Waals surface area contributed by atoms with E-state index in [1.54, 1.807) is 0 Å². The van der Waals surface area contributed by atoms with Crippen LogP contribution in [0.4, 0.5) is 0 Å². The number of ketones is 1. The molecule has 21 heavy (non-hydrogen) atoms. The molecule has 1 fully saturated rings. The van der Waals surface area contributed by atoms with Crippen molar-refractivity contribution in [3.63, 3.8) is 0 Å². The highest BCUT2D eigenvalue weighted by Crippen LogP contribution is 2.24. The maximum absolute atomic E-state index is 12.0. The van der Waals surface area contributed by atoms with Crippen molar-refractivity contribution >= 4 is 17.7 Å². The quantitative estimate of drug-likeness (QED) is 0.613. The van der Waals surface area contributed by atoms with Gasteiger partial charge in [0.05, 0.1) is 0 Å². The highest BCUT2D eigenvalue weighted by Gasteiger charge is 2.46. The van der Waals surface area contributed by atoms with E-state index >= 15 is 0 Å². The molecule has 2 rings (SSSR count). The van der Waals surface area contributed by atoms with Crippen LogP contribution in [0.1, 0.15) is 32.3 Å². The number of esters is 2. The lowest BCUT2D eigenvalue weighted by Crippen LogP contribution is -2.49. The monoisotopic (exact) mass is 290 g/mol. The first-order chi connectivity index (χ1) is 9.89. The van der Waals surface area contributed by atoms with E-state index in [1.165, 1.54) is 13.8 Å². The Hall–Kier alpha value is -2.17. The summed E-state index contributed by atoms with van der Waals surface area (Å²) in [6, 6.07) is 9.71. The van der Waals surface area contributed by atoms with Crippen LogP contribution in [-0.2, 0) is 30.3 Å². The molecule has 0 N–H and O–H groups in total. The van der Waals surface area contributed by atoms with Crippen LogP contribution in [0.2, 0.25) is 0 Å². The summed E-state index contributed by atoms with van der Waals surface area (Å²) in [5.74, 6) is -4.82. The van der Waals surface area contributed by atoms with E-state index < -0.39 is 29.4 Å². The molecule has 1 aromatic carbocycles. The maximum atomic E-state index is 12.0. The number of cyclic esters (lactones) is 2. The molecule has 1 heterocycles. The molecule has 1 aliphatic rings. The average molecular weight is 290 g/mol. The summed E-state index contributed by atoms with van der Waals surface area (Å²) in [7, 11) is 0. The molecule has 0 spiro atoms. The van der Waals surface area contributed by atoms with Crippen LogP contribution in [0.5, 0.6) is 0 Å². The number of ether oxygens (including phenoxy) is 2. The van der Waals surface area contributed by atoms with E-state index in [-0.39, 0.29) is 6.42 Å². The fraction of sp³-hybridized carbons (Fsp3) is 0.438. The van der Waals surface area contributed by atoms with Crippen molar-refractivity contribution in [1.29, 1.82) is 0 Å². The molecule has 0 bridgehead atoms. The van der Waals surface area contributed by atoms with E-state index in [9.17, 15) is 14.4 Å². The Morgan fingerprint density at radius 3 is 2.24 bits per heavy atom. The number of rotatable bonds is 5. The first-order valence-corrected chi connectivity index (χ1v) is 6.91. The van der Waals surface area contributed by atoms with Gasteiger partial charge in [-0.25, -0.2) is 0 Å². The standard InChI is InChI=1S/C16H18O5/c1-16(2)20-14(18)13(15(19)21-16)12(17)10-6-9-11-7-4-3-5-8-11/h3-5,7-8,13H,6,9-10H2,1-2H3. The zero-order chi connectivity index (χ0) is 15.5. The van der Waals surface area contributed by atoms with Gasteiger partial charge in [-0.05, 0) is 18.4 Å². The largest absolute Gasteiger partial charge is 0.422 e. The Kier molecular flexibility index (Phi) is 4.40. The van der Waals surface area contributed by atoms with Gasteiger partial charge >= 0.3 is 11.9 Å². The second-order valence-electron chi connectivity index (χ2n) is 5.48. The van der Waals surface area contributed by atoms with Crippen LogP contribution < -0.4 is 0 Å². The third kappa shape index (κ3) is 3.90. The SMILES string of the molecule is CC1(C)OC(=O)C(C(=O)CCCc2ccccc2)C(=O)O1. The normalized spacial score (nSPS) is 18.0. The van der Waals surface area contributed by atoms with Crippen LogP contribution in [0.15, 0.2) is 30.3 Å². The predicted octanol–water partition coefficient (Wildman–Crippen LogP) is 2.03. The van der Waals surface area contributed by atoms with E-state index in [0.29, 0.717) is 6.42 Å². The first-order valence-electron chi connectivity index (χ1n) is 6.91. The van der Waals surface area contributed by atoms with Crippen molar-refractivity contribution < 1.29 is 23.9 Å². The molecule has 112 valence electrons. The van der Waals surface area contributed by atoms with E-state index in [4.69, 9.17) is 9.47 Å². The second kappa shape index (κ2) is 6.08. The van der Waals surface area contributed by atoms with Crippen molar-refractivity contribution in [2.24, 2.45) is 5.92 Å². The first kappa shape index (κ1) is 15.2. The molecule has 0 aromatic heterocycles. The fourth-order valence-corrected chi connectivity index (χ4v) is 2.24. The van der Waals surface area contributed by atoms with Gasteiger partial charge in [-0.15, -0.1) is 0 Å². The van der Waals surface area contributed by atoms with Gasteiger partial charge in [-0.3, -0.25) is 14.4 Å². The van der Waals surface area contributed by atoms with Gasteiger partial charge < -0.3 is 9.47 Å². The minimum atomic E-state index is -1.44. The van der Waals surface area contributed by atoms with Crippen molar-refractivity contribution in [3.05, 3.63) is 35.9 Å². The molecule has 0 amide bonds. The number of aryl methyl sites for hydroxylation is 1. The Labute approximate surface area is 123 Å². The summed E-state index contributed by atoms with van der Waals surface area (Å²) in [6.45, 7) is 2.91. The van der Waals surface area contributed by atoms with E-state index in [1.807, 2.05) is 30.3 Å². The zero-order valence-electron chi connectivity index (χ0n) is 12.1. The van der Waals surface area contributed by atoms with Crippen LogP contribution in [0.25, 0.3) is 0 Å². The summed E-state index contributed by atoms with van der Waals surface area (Å²) >= 11 is 0. The molecule has 1 saturated heterocycles. The lowest BCUT2D eigenvalue weighted by molar-refractivity contribution is -0.238. The Morgan fingerprint density at radius 2 is 1.67 bits per heavy atom. The van der Waals surface area contributed by atoms with Gasteiger partial charge in [0.1, 0.15) is 0 Å². The number of hydrogen-bond donors (Lipinski definition) is 0. The van der Waals surface area contributed by atoms with E-state index in [2.05, 4.69) is 0 Å². The lowest BCUT2D eigenvalue weighted by atomic mass is 9.97. The summed E-state index contributed by atoms with van der Waals surface area (Å²) in [5, 5.41) is 0. The molecule has 1 aliphatic heterocycles. The highest BCUT2D eigenvalue weighted by molar-refractivity contribution is 6.15. The molecule has 5 heteroatoms. The Bertz CT molecular complexity index is 527. The molecule has 5 nitrogen and oxygen atoms in total. The average Bonchev–Trinajstić information content (AvgIpc) is 2.37. The lowest BCUT2D eigenvalue weighted by Gasteiger charge is -2.32. The number of hydrogen-bond acceptors (Lipinski definition) is 5. The minimum Gasteiger partial charge on any atom is -0.422 e. The smallest absolute Gasteiger partial charge is 0.331 e. The minimum absolute atomic E-state index is 0.143. The molecular formula is C16H18O5. The van der Waals surface area contributed by atoms with E-state index in [0.717, 1.165) is 12.0 Å². The third-order valence-electron chi connectivity index (χ3n) is 3.22. The summed E-state index contributed by atoms with van der Waals surface area (Å²) < 4.78 is 9.88. The van der Waals surface area contributed by atoms with Crippen LogP contribution >= 0.6 is 0 Å². The van der Waals surface area contributed by atoms with Crippen molar-refractivity contribution in [2.75, 3.05) is 0 Å². The van der Waals surface area contributed by atoms with Crippen molar-refractivity contribution in [2.45, 2.75) is 38.9 Å². The summed E-state index contributed by atoms with van der Waals surface area (Å²) in [4.78, 5) is 35.5. The Morgan fingerprint density at radius 1 is 1.10 bits per heavy atom. The number of carbonyl (C=O) groups is 3. The fourth-order valence-electron chi connectivity index (χ4n) is 2.24. The van der Waals surface area contributed by atoms with Gasteiger partial charge in [0, 0.05) is 20.3 Å². The third-order valence-corrected chi connectivity index (χ3v) is 3.22. The number of benzene rings is 1. The summed E-state index contributed by atoms with van der Waals surface area (Å²) in [5.41, 5.74) is 1.11. The molecule has 0 radical (unpaired) electrons. The molecule has 0 atom stereocenters. The van der Waals surface area contributed by atoms with Crippen LogP contribution in [0, 0.1) is 5.92 Å². The topological polar surface area (TPSA) is 69.7 Å². The van der Waals surface area contributed by atoms with Crippen LogP contribution in [-0.4, -0.2) is 23.5 Å². The number of Topliss-reactive ketones (excluding diaryl/α,β-unsaturated/α-hetero) is 1. The predicted molar refractivity (Wildman–Crippen MR) is 74.1 cm³/mol. The maximum Gasteiger partial charge on any atom is 0.331 e. The van der Waals surface area contributed by atoms with Crippen molar-refractivity contribution in [1.82, 2.24) is 0 Å². The van der Waals surface area contributed by atoms with Gasteiger partial charge in [-0.2, -0.15) is 0 Å². The van der Waals surface area contributed by atoms with Crippen molar-refractivity contribution in [3.8, 4) is 0 Å². The molecule has 0 aliphatic carbocycles. The van der Waals surface area contributed by atoms with Gasteiger partial charge in [0.2, 0.25) is 5.92 Å². The van der Waals surface area contributed by atoms with Crippen LogP contribution in [0.3, 0.4) is 0 Å². The zero-order valence-corrected chi connectivity index (χ0v) is 12.1.